The van der Waals surface area contributed by atoms with Gasteiger partial charge < -0.3 is 14.2 Å². The lowest BCUT2D eigenvalue weighted by molar-refractivity contribution is 0.0589. The minimum absolute atomic E-state index is 0.209. The second-order valence-corrected chi connectivity index (χ2v) is 8.51. The highest BCUT2D eigenvalue weighted by Crippen LogP contribution is 2.32. The van der Waals surface area contributed by atoms with Gasteiger partial charge in [-0.3, -0.25) is 9.69 Å². The number of aryl methyl sites for hydroxylation is 1. The van der Waals surface area contributed by atoms with E-state index in [1.807, 2.05) is 45.0 Å². The highest BCUT2D eigenvalue weighted by Gasteiger charge is 2.21. The zero-order valence-corrected chi connectivity index (χ0v) is 19.6. The lowest BCUT2D eigenvalue weighted by atomic mass is 10.0. The van der Waals surface area contributed by atoms with E-state index < -0.39 is 11.7 Å². The molecule has 3 rings (SSSR count). The van der Waals surface area contributed by atoms with E-state index >= 15 is 0 Å². The van der Waals surface area contributed by atoms with Crippen LogP contribution in [0.3, 0.4) is 0 Å². The molecular formula is C24H29N3O5. The van der Waals surface area contributed by atoms with E-state index in [1.165, 1.54) is 16.7 Å². The van der Waals surface area contributed by atoms with Gasteiger partial charge in [-0.05, 0) is 50.6 Å². The number of carbonyl (C=O) groups is 1. The van der Waals surface area contributed by atoms with Gasteiger partial charge in [-0.25, -0.2) is 9.48 Å². The molecule has 0 fully saturated rings. The quantitative estimate of drug-likeness (QED) is 0.599. The van der Waals surface area contributed by atoms with Crippen molar-refractivity contribution in [2.45, 2.75) is 32.8 Å². The van der Waals surface area contributed by atoms with Crippen LogP contribution in [0.25, 0.3) is 10.8 Å². The maximum Gasteiger partial charge on any atom is 0.414 e. The summed E-state index contributed by atoms with van der Waals surface area (Å²) in [4.78, 5) is 26.4. The van der Waals surface area contributed by atoms with Gasteiger partial charge in [-0.2, -0.15) is 5.10 Å². The molecule has 0 spiro atoms. The molecule has 0 aliphatic carbocycles. The molecule has 0 radical (unpaired) electrons. The second-order valence-electron chi connectivity index (χ2n) is 8.51. The molecule has 8 nitrogen and oxygen atoms in total. The molecule has 0 unspecified atom stereocenters. The fourth-order valence-electron chi connectivity index (χ4n) is 3.35. The van der Waals surface area contributed by atoms with Gasteiger partial charge in [0, 0.05) is 31.6 Å². The van der Waals surface area contributed by atoms with E-state index in [-0.39, 0.29) is 5.56 Å². The molecule has 0 aliphatic heterocycles. The van der Waals surface area contributed by atoms with Crippen molar-refractivity contribution in [1.82, 2.24) is 9.78 Å². The summed E-state index contributed by atoms with van der Waals surface area (Å²) in [6, 6.07) is 11.0. The molecule has 1 amide bonds. The number of anilines is 1. The minimum Gasteiger partial charge on any atom is -0.493 e. The summed E-state index contributed by atoms with van der Waals surface area (Å²) in [5, 5.41) is 5.70. The molecule has 0 atom stereocenters. The van der Waals surface area contributed by atoms with Gasteiger partial charge in [-0.1, -0.05) is 12.1 Å². The molecule has 2 aromatic carbocycles. The molecule has 0 bridgehead atoms. The van der Waals surface area contributed by atoms with Crippen molar-refractivity contribution in [1.29, 1.82) is 0 Å². The highest BCUT2D eigenvalue weighted by molar-refractivity contribution is 5.88. The third kappa shape index (κ3) is 4.85. The minimum atomic E-state index is -0.564. The summed E-state index contributed by atoms with van der Waals surface area (Å²) in [5.74, 6) is 1.02. The van der Waals surface area contributed by atoms with Gasteiger partial charge in [0.15, 0.2) is 11.5 Å². The Morgan fingerprint density at radius 1 is 1.03 bits per heavy atom. The average Bonchev–Trinajstić information content (AvgIpc) is 2.75. The second kappa shape index (κ2) is 8.90. The first-order valence-electron chi connectivity index (χ1n) is 10.2. The summed E-state index contributed by atoms with van der Waals surface area (Å²) >= 11 is 0. The van der Waals surface area contributed by atoms with Crippen LogP contribution in [0, 0.1) is 0 Å². The Morgan fingerprint density at radius 3 is 2.12 bits per heavy atom. The molecule has 0 N–H and O–H groups in total. The number of fused-ring (bicyclic) bond motifs is 1. The number of hydrogen-bond donors (Lipinski definition) is 0. The normalized spacial score (nSPS) is 11.3. The lowest BCUT2D eigenvalue weighted by Gasteiger charge is -2.24. The molecule has 1 heterocycles. The number of carbonyl (C=O) groups excluding carboxylic acids is 1. The Kier molecular flexibility index (Phi) is 6.43. The first-order chi connectivity index (χ1) is 15.0. The van der Waals surface area contributed by atoms with Gasteiger partial charge >= 0.3 is 6.09 Å². The number of hydrogen-bond acceptors (Lipinski definition) is 6. The zero-order chi connectivity index (χ0) is 23.6. The lowest BCUT2D eigenvalue weighted by Crippen LogP contribution is -2.34. The summed E-state index contributed by atoms with van der Waals surface area (Å²) in [6.07, 6.45) is 0.0771. The highest BCUT2D eigenvalue weighted by atomic mass is 16.6. The van der Waals surface area contributed by atoms with Gasteiger partial charge in [0.05, 0.1) is 25.3 Å². The topological polar surface area (TPSA) is 82.9 Å². The summed E-state index contributed by atoms with van der Waals surface area (Å²) in [7, 11) is 6.38. The van der Waals surface area contributed by atoms with Gasteiger partial charge in [0.2, 0.25) is 0 Å². The smallest absolute Gasteiger partial charge is 0.414 e. The summed E-state index contributed by atoms with van der Waals surface area (Å²) in [5.41, 5.74) is 1.65. The fraction of sp³-hybridized carbons (Fsp3) is 0.375. The average molecular weight is 440 g/mol. The van der Waals surface area contributed by atoms with Crippen LogP contribution in [-0.2, 0) is 18.2 Å². The molecule has 3 aromatic rings. The van der Waals surface area contributed by atoms with Crippen molar-refractivity contribution in [2.75, 3.05) is 26.2 Å². The van der Waals surface area contributed by atoms with Crippen molar-refractivity contribution in [2.24, 2.45) is 7.05 Å². The molecule has 0 saturated heterocycles. The van der Waals surface area contributed by atoms with Crippen molar-refractivity contribution in [3.05, 3.63) is 58.0 Å². The number of aromatic nitrogens is 2. The molecule has 0 aliphatic rings. The predicted octanol–water partition coefficient (Wildman–Crippen LogP) is 3.91. The third-order valence-electron chi connectivity index (χ3n) is 4.99. The molecule has 32 heavy (non-hydrogen) atoms. The van der Waals surface area contributed by atoms with Crippen LogP contribution in [0.4, 0.5) is 10.5 Å². The summed E-state index contributed by atoms with van der Waals surface area (Å²) in [6.45, 7) is 5.49. The number of methoxy groups -OCH3 is 2. The van der Waals surface area contributed by atoms with E-state index in [2.05, 4.69) is 5.10 Å². The van der Waals surface area contributed by atoms with Crippen LogP contribution in [0.1, 0.15) is 32.0 Å². The maximum atomic E-state index is 12.6. The van der Waals surface area contributed by atoms with Crippen LogP contribution in [0.5, 0.6) is 11.5 Å². The van der Waals surface area contributed by atoms with Crippen molar-refractivity contribution in [3.63, 3.8) is 0 Å². The Hall–Kier alpha value is -3.55. The van der Waals surface area contributed by atoms with Crippen molar-refractivity contribution in [3.8, 4) is 11.5 Å². The van der Waals surface area contributed by atoms with E-state index in [0.29, 0.717) is 34.4 Å². The van der Waals surface area contributed by atoms with Crippen molar-refractivity contribution < 1.29 is 19.0 Å². The maximum absolute atomic E-state index is 12.6. The molecule has 8 heteroatoms. The van der Waals surface area contributed by atoms with Gasteiger partial charge in [0.25, 0.3) is 5.56 Å². The Morgan fingerprint density at radius 2 is 1.59 bits per heavy atom. The Balaban J connectivity index is 1.93. The Bertz CT molecular complexity index is 1190. The monoisotopic (exact) mass is 439 g/mol. The fourth-order valence-corrected chi connectivity index (χ4v) is 3.35. The van der Waals surface area contributed by atoms with Crippen LogP contribution < -0.4 is 19.9 Å². The van der Waals surface area contributed by atoms with Crippen LogP contribution in [-0.4, -0.2) is 42.7 Å². The standard InChI is InChI=1S/C24H29N3O5/c1-24(2,3)32-23(29)26(4)16-10-8-15(9-11-16)12-19-17-13-20(30-6)21(31-7)14-18(17)22(28)27(5)25-19/h8-11,13-14H,12H2,1-7H3. The molecule has 0 saturated carbocycles. The van der Waals surface area contributed by atoms with Crippen LogP contribution in [0.2, 0.25) is 0 Å². The number of amides is 1. The van der Waals surface area contributed by atoms with Crippen LogP contribution >= 0.6 is 0 Å². The van der Waals surface area contributed by atoms with E-state index in [1.54, 1.807) is 33.3 Å². The van der Waals surface area contributed by atoms with Crippen LogP contribution in [0.15, 0.2) is 41.2 Å². The predicted molar refractivity (Wildman–Crippen MR) is 124 cm³/mol. The number of benzene rings is 2. The number of ether oxygens (including phenoxy) is 3. The first kappa shape index (κ1) is 23.1. The largest absolute Gasteiger partial charge is 0.493 e. The van der Waals surface area contributed by atoms with Crippen molar-refractivity contribution >= 4 is 22.6 Å². The van der Waals surface area contributed by atoms with E-state index in [0.717, 1.165) is 11.3 Å². The third-order valence-corrected chi connectivity index (χ3v) is 4.99. The van der Waals surface area contributed by atoms with E-state index in [4.69, 9.17) is 14.2 Å². The number of nitrogens with zero attached hydrogens (tertiary/aromatic N) is 3. The Labute approximate surface area is 187 Å². The number of rotatable bonds is 5. The molecule has 170 valence electrons. The zero-order valence-electron chi connectivity index (χ0n) is 19.6. The SMILES string of the molecule is COc1cc2c(Cc3ccc(N(C)C(=O)OC(C)(C)C)cc3)nn(C)c(=O)c2cc1OC. The van der Waals surface area contributed by atoms with Gasteiger partial charge in [0.1, 0.15) is 5.60 Å². The van der Waals surface area contributed by atoms with Gasteiger partial charge in [-0.15, -0.1) is 0 Å². The molecule has 1 aromatic heterocycles. The molecular weight excluding hydrogens is 410 g/mol. The first-order valence-corrected chi connectivity index (χ1v) is 10.2. The van der Waals surface area contributed by atoms with E-state index in [9.17, 15) is 9.59 Å². The summed E-state index contributed by atoms with van der Waals surface area (Å²) < 4.78 is 17.5.